The second-order valence-electron chi connectivity index (χ2n) is 4.66. The van der Waals surface area contributed by atoms with Gasteiger partial charge in [-0.2, -0.15) is 0 Å². The van der Waals surface area contributed by atoms with Crippen molar-refractivity contribution in [3.63, 3.8) is 0 Å². The van der Waals surface area contributed by atoms with Gasteiger partial charge in [-0.3, -0.25) is 9.59 Å². The number of carbonyl (C=O) groups is 2. The largest absolute Gasteiger partial charge is 0.408 e. The molecular weight excluding hydrogens is 208 g/mol. The molecule has 0 aromatic rings. The van der Waals surface area contributed by atoms with Crippen LogP contribution in [0.5, 0.6) is 0 Å². The third-order valence-electron chi connectivity index (χ3n) is 1.99. The molecule has 1 unspecified atom stereocenters. The Labute approximate surface area is 93.3 Å². The van der Waals surface area contributed by atoms with Crippen LogP contribution in [-0.2, 0) is 14.0 Å². The van der Waals surface area contributed by atoms with Gasteiger partial charge < -0.3 is 4.43 Å². The third kappa shape index (κ3) is 6.57. The van der Waals surface area contributed by atoms with Crippen LogP contribution in [-0.4, -0.2) is 26.0 Å². The van der Waals surface area contributed by atoms with Crippen molar-refractivity contribution in [2.24, 2.45) is 0 Å². The SMILES string of the molecule is CCC(=O)CC(=O)C(CC)O[Si](C)(C)C. The molecule has 0 saturated heterocycles. The van der Waals surface area contributed by atoms with E-state index < -0.39 is 8.32 Å². The highest BCUT2D eigenvalue weighted by Gasteiger charge is 2.25. The van der Waals surface area contributed by atoms with E-state index in [1.54, 1.807) is 6.92 Å². The van der Waals surface area contributed by atoms with Crippen molar-refractivity contribution in [3.05, 3.63) is 0 Å². The predicted molar refractivity (Wildman–Crippen MR) is 63.4 cm³/mol. The van der Waals surface area contributed by atoms with Gasteiger partial charge in [0.1, 0.15) is 11.9 Å². The Hall–Kier alpha value is -0.483. The highest BCUT2D eigenvalue weighted by Crippen LogP contribution is 2.12. The van der Waals surface area contributed by atoms with Gasteiger partial charge in [-0.25, -0.2) is 0 Å². The van der Waals surface area contributed by atoms with Crippen molar-refractivity contribution in [1.82, 2.24) is 0 Å². The quantitative estimate of drug-likeness (QED) is 0.498. The second-order valence-corrected chi connectivity index (χ2v) is 9.12. The summed E-state index contributed by atoms with van der Waals surface area (Å²) in [6, 6.07) is 0. The zero-order valence-electron chi connectivity index (χ0n) is 10.4. The molecule has 88 valence electrons. The van der Waals surface area contributed by atoms with E-state index in [-0.39, 0.29) is 24.1 Å². The Balaban J connectivity index is 4.29. The first-order chi connectivity index (χ1) is 6.80. The molecule has 0 aliphatic heterocycles. The van der Waals surface area contributed by atoms with Gasteiger partial charge in [-0.05, 0) is 26.1 Å². The molecule has 3 nitrogen and oxygen atoms in total. The molecule has 0 rings (SSSR count). The normalized spacial score (nSPS) is 13.7. The monoisotopic (exact) mass is 230 g/mol. The van der Waals surface area contributed by atoms with Crippen LogP contribution in [0.15, 0.2) is 0 Å². The van der Waals surface area contributed by atoms with Crippen molar-refractivity contribution in [2.75, 3.05) is 0 Å². The summed E-state index contributed by atoms with van der Waals surface area (Å²) >= 11 is 0. The van der Waals surface area contributed by atoms with Crippen LogP contribution < -0.4 is 0 Å². The van der Waals surface area contributed by atoms with E-state index in [1.807, 2.05) is 26.6 Å². The number of hydrogen-bond acceptors (Lipinski definition) is 3. The van der Waals surface area contributed by atoms with Gasteiger partial charge in [0.15, 0.2) is 14.1 Å². The third-order valence-corrected chi connectivity index (χ3v) is 2.98. The standard InChI is InChI=1S/C11H22O3Si/c1-6-9(12)8-10(13)11(7-2)14-15(3,4)5/h11H,6-8H2,1-5H3. The molecule has 1 atom stereocenters. The average Bonchev–Trinajstić information content (AvgIpc) is 2.12. The minimum Gasteiger partial charge on any atom is -0.408 e. The van der Waals surface area contributed by atoms with Crippen LogP contribution in [0.3, 0.4) is 0 Å². The topological polar surface area (TPSA) is 43.4 Å². The molecule has 15 heavy (non-hydrogen) atoms. The van der Waals surface area contributed by atoms with Gasteiger partial charge in [0.05, 0.1) is 6.42 Å². The Bertz CT molecular complexity index is 230. The van der Waals surface area contributed by atoms with E-state index in [9.17, 15) is 9.59 Å². The lowest BCUT2D eigenvalue weighted by molar-refractivity contribution is -0.131. The van der Waals surface area contributed by atoms with Crippen molar-refractivity contribution in [1.29, 1.82) is 0 Å². The van der Waals surface area contributed by atoms with Crippen LogP contribution in [0.1, 0.15) is 33.1 Å². The molecule has 0 radical (unpaired) electrons. The Morgan fingerprint density at radius 3 is 2.07 bits per heavy atom. The minimum absolute atomic E-state index is 0.00220. The molecule has 0 aromatic heterocycles. The number of hydrogen-bond donors (Lipinski definition) is 0. The summed E-state index contributed by atoms with van der Waals surface area (Å²) in [5.41, 5.74) is 0. The maximum Gasteiger partial charge on any atom is 0.184 e. The molecule has 0 amide bonds. The first-order valence-corrected chi connectivity index (χ1v) is 8.93. The zero-order valence-corrected chi connectivity index (χ0v) is 11.4. The summed E-state index contributed by atoms with van der Waals surface area (Å²) in [5.74, 6) is -0.0654. The van der Waals surface area contributed by atoms with Crippen molar-refractivity contribution in [2.45, 2.75) is 58.9 Å². The highest BCUT2D eigenvalue weighted by molar-refractivity contribution is 6.69. The summed E-state index contributed by atoms with van der Waals surface area (Å²) < 4.78 is 5.73. The smallest absolute Gasteiger partial charge is 0.184 e. The van der Waals surface area contributed by atoms with Crippen molar-refractivity contribution >= 4 is 19.9 Å². The molecule has 4 heteroatoms. The van der Waals surface area contributed by atoms with Gasteiger partial charge in [-0.1, -0.05) is 13.8 Å². The molecular formula is C11H22O3Si. The second kappa shape index (κ2) is 6.18. The predicted octanol–water partition coefficient (Wildman–Crippen LogP) is 2.55. The molecule has 0 bridgehead atoms. The average molecular weight is 230 g/mol. The van der Waals surface area contributed by atoms with Gasteiger partial charge in [-0.15, -0.1) is 0 Å². The molecule has 0 fully saturated rings. The van der Waals surface area contributed by atoms with Crippen LogP contribution in [0.25, 0.3) is 0 Å². The molecule has 0 spiro atoms. The molecule has 0 saturated carbocycles. The lowest BCUT2D eigenvalue weighted by Gasteiger charge is -2.24. The first-order valence-electron chi connectivity index (χ1n) is 5.52. The first kappa shape index (κ1) is 14.5. The summed E-state index contributed by atoms with van der Waals surface area (Å²) in [4.78, 5) is 22.8. The summed E-state index contributed by atoms with van der Waals surface area (Å²) in [5, 5.41) is 0. The summed E-state index contributed by atoms with van der Waals surface area (Å²) in [6.45, 7) is 9.83. The molecule has 0 aromatic carbocycles. The van der Waals surface area contributed by atoms with Gasteiger partial charge in [0.25, 0.3) is 0 Å². The van der Waals surface area contributed by atoms with Gasteiger partial charge in [0.2, 0.25) is 0 Å². The van der Waals surface area contributed by atoms with E-state index in [0.29, 0.717) is 12.8 Å². The molecule has 0 N–H and O–H groups in total. The Kier molecular flexibility index (Phi) is 5.98. The van der Waals surface area contributed by atoms with Gasteiger partial charge in [0, 0.05) is 6.42 Å². The van der Waals surface area contributed by atoms with E-state index in [0.717, 1.165) is 0 Å². The fraction of sp³-hybridized carbons (Fsp3) is 0.818. The number of carbonyl (C=O) groups excluding carboxylic acids is 2. The maximum absolute atomic E-state index is 11.7. The van der Waals surface area contributed by atoms with Crippen molar-refractivity contribution < 1.29 is 14.0 Å². The Morgan fingerprint density at radius 2 is 1.73 bits per heavy atom. The van der Waals surface area contributed by atoms with E-state index in [1.165, 1.54) is 0 Å². The van der Waals surface area contributed by atoms with Crippen LogP contribution in [0, 0.1) is 0 Å². The Morgan fingerprint density at radius 1 is 1.20 bits per heavy atom. The van der Waals surface area contributed by atoms with E-state index in [4.69, 9.17) is 4.43 Å². The van der Waals surface area contributed by atoms with Crippen LogP contribution in [0.2, 0.25) is 19.6 Å². The molecule has 0 aliphatic carbocycles. The highest BCUT2D eigenvalue weighted by atomic mass is 28.4. The fourth-order valence-electron chi connectivity index (χ4n) is 1.24. The maximum atomic E-state index is 11.7. The molecule has 0 aliphatic rings. The fourth-order valence-corrected chi connectivity index (χ4v) is 2.39. The lowest BCUT2D eigenvalue weighted by Crippen LogP contribution is -2.37. The van der Waals surface area contributed by atoms with Crippen LogP contribution >= 0.6 is 0 Å². The van der Waals surface area contributed by atoms with E-state index in [2.05, 4.69) is 0 Å². The number of rotatable bonds is 7. The van der Waals surface area contributed by atoms with Crippen LogP contribution in [0.4, 0.5) is 0 Å². The summed E-state index contributed by atoms with van der Waals surface area (Å²) in [6.07, 6.45) is 0.724. The lowest BCUT2D eigenvalue weighted by atomic mass is 10.1. The number of ketones is 2. The molecule has 0 heterocycles. The zero-order chi connectivity index (χ0) is 12.1. The minimum atomic E-state index is -1.70. The van der Waals surface area contributed by atoms with Crippen molar-refractivity contribution in [3.8, 4) is 0 Å². The number of Topliss-reactive ketones (excluding diaryl/α,β-unsaturated/α-hetero) is 2. The van der Waals surface area contributed by atoms with E-state index >= 15 is 0 Å². The summed E-state index contributed by atoms with van der Waals surface area (Å²) in [7, 11) is -1.70. The van der Waals surface area contributed by atoms with Gasteiger partial charge >= 0.3 is 0 Å².